The summed E-state index contributed by atoms with van der Waals surface area (Å²) in [5.74, 6) is 5.03. The number of thioether (sulfide) groups is 12. The van der Waals surface area contributed by atoms with E-state index in [0.717, 1.165) is 0 Å². The minimum absolute atomic E-state index is 1.25. The number of rotatable bonds is 8. The summed E-state index contributed by atoms with van der Waals surface area (Å²) in [6.45, 7) is 4.58. The second-order valence-corrected chi connectivity index (χ2v) is 22.0. The molecule has 0 aliphatic carbocycles. The van der Waals surface area contributed by atoms with Crippen LogP contribution in [0.2, 0.25) is 0 Å². The van der Waals surface area contributed by atoms with E-state index in [0.29, 0.717) is 0 Å². The Balaban J connectivity index is 1.21. The molecular weight excluding hydrogens is 625 g/mol. The normalized spacial score (nSPS) is 23.4. The summed E-state index contributed by atoms with van der Waals surface area (Å²) < 4.78 is 15.3. The Labute approximate surface area is 243 Å². The molecule has 0 amide bonds. The average molecular weight is 647 g/mol. The predicted molar refractivity (Wildman–Crippen MR) is 176 cm³/mol. The fraction of sp³-hybridized carbons (Fsp3) is 0.500. The third-order valence-electron chi connectivity index (χ3n) is 4.33. The summed E-state index contributed by atoms with van der Waals surface area (Å²) >= 11 is 24.5. The monoisotopic (exact) mass is 646 g/mol. The van der Waals surface area contributed by atoms with Gasteiger partial charge in [-0.15, -0.1) is 47.0 Å². The summed E-state index contributed by atoms with van der Waals surface area (Å²) in [5, 5.41) is 0. The van der Waals surface area contributed by atoms with Gasteiger partial charge in [-0.25, -0.2) is 0 Å². The van der Waals surface area contributed by atoms with Gasteiger partial charge in [0.25, 0.3) is 0 Å². The molecule has 0 spiro atoms. The molecule has 0 aromatic heterocycles. The molecule has 0 N–H and O–H groups in total. The molecule has 12 heteroatoms. The van der Waals surface area contributed by atoms with Gasteiger partial charge in [0.05, 0.1) is 42.4 Å². The van der Waals surface area contributed by atoms with Gasteiger partial charge in [-0.05, 0) is 24.3 Å². The lowest BCUT2D eigenvalue weighted by Gasteiger charge is -2.08. The third-order valence-corrected chi connectivity index (χ3v) is 22.5. The van der Waals surface area contributed by atoms with Crippen molar-refractivity contribution in [3.05, 3.63) is 42.4 Å². The van der Waals surface area contributed by atoms with Gasteiger partial charge in [0.15, 0.2) is 0 Å². The predicted octanol–water partition coefficient (Wildman–Crippen LogP) is 12.1. The van der Waals surface area contributed by atoms with Crippen molar-refractivity contribution in [2.75, 3.05) is 23.0 Å². The van der Waals surface area contributed by atoms with Gasteiger partial charge in [0.1, 0.15) is 0 Å². The van der Waals surface area contributed by atoms with E-state index in [1.807, 2.05) is 94.1 Å². The van der Waals surface area contributed by atoms with Gasteiger partial charge >= 0.3 is 0 Å². The van der Waals surface area contributed by atoms with E-state index in [-0.39, 0.29) is 0 Å². The molecule has 0 radical (unpaired) electrons. The zero-order valence-electron chi connectivity index (χ0n) is 17.6. The highest BCUT2D eigenvalue weighted by molar-refractivity contribution is 8.51. The van der Waals surface area contributed by atoms with E-state index in [1.54, 1.807) is 16.9 Å². The van der Waals surface area contributed by atoms with Crippen molar-refractivity contribution in [2.45, 2.75) is 39.5 Å². The van der Waals surface area contributed by atoms with Gasteiger partial charge in [-0.2, -0.15) is 0 Å². The minimum Gasteiger partial charge on any atom is -0.117 e. The maximum Gasteiger partial charge on any atom is 0.0718 e. The third kappa shape index (κ3) is 6.48. The van der Waals surface area contributed by atoms with Crippen LogP contribution < -0.4 is 0 Å². The zero-order chi connectivity index (χ0) is 21.9. The molecular formula is C20H22S12. The summed E-state index contributed by atoms with van der Waals surface area (Å²) in [7, 11) is 0. The van der Waals surface area contributed by atoms with Crippen molar-refractivity contribution in [2.24, 2.45) is 0 Å². The SMILES string of the molecule is CCCCSC1=C(SCCCC)SC(=C2SC3=C(S2)SC(=C2SC4=C(SCCS4)S2)S3)S1. The summed E-state index contributed by atoms with van der Waals surface area (Å²) in [4.78, 5) is 0. The molecule has 0 saturated carbocycles. The molecule has 0 unspecified atom stereocenters. The van der Waals surface area contributed by atoms with Gasteiger partial charge in [-0.3, -0.25) is 0 Å². The van der Waals surface area contributed by atoms with Crippen LogP contribution in [0.3, 0.4) is 0 Å². The zero-order valence-corrected chi connectivity index (χ0v) is 27.4. The van der Waals surface area contributed by atoms with Crippen molar-refractivity contribution in [1.29, 1.82) is 0 Å². The lowest BCUT2D eigenvalue weighted by atomic mass is 10.4. The van der Waals surface area contributed by atoms with Gasteiger partial charge in [0, 0.05) is 11.5 Å². The van der Waals surface area contributed by atoms with E-state index in [4.69, 9.17) is 0 Å². The first-order chi connectivity index (χ1) is 15.7. The molecule has 5 aliphatic heterocycles. The quantitative estimate of drug-likeness (QED) is 0.230. The number of unbranched alkanes of at least 4 members (excludes halogenated alkanes) is 2. The molecule has 5 aliphatic rings. The Hall–Kier alpha value is 2.90. The van der Waals surface area contributed by atoms with E-state index < -0.39 is 0 Å². The van der Waals surface area contributed by atoms with Crippen LogP contribution in [0, 0.1) is 0 Å². The average Bonchev–Trinajstić information content (AvgIpc) is 3.55. The summed E-state index contributed by atoms with van der Waals surface area (Å²) in [5.41, 5.74) is 0. The Morgan fingerprint density at radius 1 is 0.500 bits per heavy atom. The second-order valence-electron chi connectivity index (χ2n) is 6.79. The maximum absolute atomic E-state index is 2.29. The lowest BCUT2D eigenvalue weighted by Crippen LogP contribution is -1.88. The van der Waals surface area contributed by atoms with Crippen molar-refractivity contribution in [3.63, 3.8) is 0 Å². The van der Waals surface area contributed by atoms with Crippen LogP contribution in [0.1, 0.15) is 39.5 Å². The van der Waals surface area contributed by atoms with Gasteiger partial charge < -0.3 is 0 Å². The molecule has 5 heterocycles. The summed E-state index contributed by atoms with van der Waals surface area (Å²) in [6.07, 6.45) is 5.19. The van der Waals surface area contributed by atoms with Crippen LogP contribution in [0.5, 0.6) is 0 Å². The molecule has 174 valence electrons. The Morgan fingerprint density at radius 2 is 0.844 bits per heavy atom. The first kappa shape index (κ1) is 26.5. The minimum atomic E-state index is 1.25. The number of hydrogen-bond donors (Lipinski definition) is 0. The maximum atomic E-state index is 2.29. The Kier molecular flexibility index (Phi) is 10.9. The highest BCUT2D eigenvalue weighted by atomic mass is 32.3. The van der Waals surface area contributed by atoms with E-state index >= 15 is 0 Å². The van der Waals surface area contributed by atoms with Crippen LogP contribution in [0.4, 0.5) is 0 Å². The second kappa shape index (κ2) is 13.1. The van der Waals surface area contributed by atoms with E-state index in [2.05, 4.69) is 60.9 Å². The summed E-state index contributed by atoms with van der Waals surface area (Å²) in [6, 6.07) is 0. The molecule has 0 atom stereocenters. The van der Waals surface area contributed by atoms with E-state index in [1.165, 1.54) is 74.1 Å². The molecule has 5 rings (SSSR count). The van der Waals surface area contributed by atoms with E-state index in [9.17, 15) is 0 Å². The van der Waals surface area contributed by atoms with Crippen LogP contribution in [0.25, 0.3) is 0 Å². The van der Waals surface area contributed by atoms with Crippen molar-refractivity contribution < 1.29 is 0 Å². The van der Waals surface area contributed by atoms with Crippen molar-refractivity contribution in [3.8, 4) is 0 Å². The van der Waals surface area contributed by atoms with Gasteiger partial charge in [0.2, 0.25) is 0 Å². The molecule has 0 nitrogen and oxygen atoms in total. The highest BCUT2D eigenvalue weighted by Gasteiger charge is 2.37. The molecule has 0 bridgehead atoms. The molecule has 0 aromatic rings. The largest absolute Gasteiger partial charge is 0.117 e. The van der Waals surface area contributed by atoms with Crippen molar-refractivity contribution >= 4 is 141 Å². The van der Waals surface area contributed by atoms with Crippen LogP contribution in [-0.4, -0.2) is 23.0 Å². The number of hydrogen-bond acceptors (Lipinski definition) is 12. The lowest BCUT2D eigenvalue weighted by molar-refractivity contribution is 0.897. The molecule has 32 heavy (non-hydrogen) atoms. The van der Waals surface area contributed by atoms with Crippen molar-refractivity contribution in [1.82, 2.24) is 0 Å². The fourth-order valence-corrected chi connectivity index (χ4v) is 21.8. The molecule has 0 aromatic carbocycles. The van der Waals surface area contributed by atoms with Gasteiger partial charge in [-0.1, -0.05) is 121 Å². The smallest absolute Gasteiger partial charge is 0.0718 e. The molecule has 0 saturated heterocycles. The standard InChI is InChI=1S/C20H22S12/c1-3-5-7-21-11-12(22-8-6-4-2)26-15(25-11)17-29-19-20(30-17)32-18(31-19)16-27-13-14(28-16)24-10-9-23-13/h3-10H2,1-2H3. The fourth-order valence-electron chi connectivity index (χ4n) is 2.71. The Bertz CT molecular complexity index is 859. The highest BCUT2D eigenvalue weighted by Crippen LogP contribution is 2.73. The Morgan fingerprint density at radius 3 is 1.22 bits per heavy atom. The van der Waals surface area contributed by atoms with Crippen LogP contribution in [0.15, 0.2) is 42.4 Å². The van der Waals surface area contributed by atoms with Crippen LogP contribution in [-0.2, 0) is 0 Å². The van der Waals surface area contributed by atoms with Crippen LogP contribution >= 0.6 is 141 Å². The molecule has 0 fully saturated rings. The topological polar surface area (TPSA) is 0 Å². The first-order valence-corrected chi connectivity index (χ1v) is 20.9. The first-order valence-electron chi connectivity index (χ1n) is 10.4.